The van der Waals surface area contributed by atoms with Gasteiger partial charge >= 0.3 is 5.69 Å². The zero-order valence-electron chi connectivity index (χ0n) is 19.4. The Hall–Kier alpha value is -4.20. The zero-order chi connectivity index (χ0) is 24.5. The number of amides is 1. The van der Waals surface area contributed by atoms with Crippen LogP contribution in [0.1, 0.15) is 24.9 Å². The van der Waals surface area contributed by atoms with E-state index in [0.717, 1.165) is 12.0 Å². The van der Waals surface area contributed by atoms with Crippen molar-refractivity contribution in [2.75, 3.05) is 13.1 Å². The number of pyridine rings is 1. The van der Waals surface area contributed by atoms with Crippen LogP contribution < -0.4 is 10.4 Å². The molecule has 1 aliphatic rings. The van der Waals surface area contributed by atoms with Crippen LogP contribution in [0.5, 0.6) is 11.5 Å². The van der Waals surface area contributed by atoms with Crippen molar-refractivity contribution < 1.29 is 13.9 Å². The van der Waals surface area contributed by atoms with E-state index in [1.165, 1.54) is 22.8 Å². The van der Waals surface area contributed by atoms with Crippen molar-refractivity contribution in [3.8, 4) is 17.2 Å². The van der Waals surface area contributed by atoms with E-state index in [-0.39, 0.29) is 23.4 Å². The Balaban J connectivity index is 1.52. The van der Waals surface area contributed by atoms with Gasteiger partial charge in [-0.05, 0) is 54.8 Å². The van der Waals surface area contributed by atoms with E-state index < -0.39 is 5.82 Å². The van der Waals surface area contributed by atoms with E-state index in [9.17, 15) is 9.59 Å². The fraction of sp³-hybridized carbons (Fsp3) is 0.222. The zero-order valence-corrected chi connectivity index (χ0v) is 19.4. The van der Waals surface area contributed by atoms with Crippen molar-refractivity contribution in [2.24, 2.45) is 0 Å². The molecular formula is C27H25FN4O3. The summed E-state index contributed by atoms with van der Waals surface area (Å²) in [5, 5.41) is 0. The minimum absolute atomic E-state index is 0.0753. The average molecular weight is 473 g/mol. The number of aryl methyl sites for hydroxylation is 1. The summed E-state index contributed by atoms with van der Waals surface area (Å²) in [7, 11) is 0. The molecular weight excluding hydrogens is 447 g/mol. The lowest BCUT2D eigenvalue weighted by molar-refractivity contribution is -0.125. The van der Waals surface area contributed by atoms with Crippen molar-refractivity contribution in [3.05, 3.63) is 95.4 Å². The van der Waals surface area contributed by atoms with Gasteiger partial charge in [-0.25, -0.2) is 9.18 Å². The molecule has 178 valence electrons. The van der Waals surface area contributed by atoms with Gasteiger partial charge in [-0.1, -0.05) is 25.6 Å². The smallest absolute Gasteiger partial charge is 0.334 e. The third-order valence-corrected chi connectivity index (χ3v) is 6.40. The van der Waals surface area contributed by atoms with Crippen LogP contribution >= 0.6 is 0 Å². The maximum Gasteiger partial charge on any atom is 0.334 e. The molecule has 0 spiro atoms. The Morgan fingerprint density at radius 1 is 1.23 bits per heavy atom. The van der Waals surface area contributed by atoms with Gasteiger partial charge in [0, 0.05) is 25.4 Å². The van der Waals surface area contributed by atoms with Gasteiger partial charge < -0.3 is 9.64 Å². The Morgan fingerprint density at radius 3 is 2.86 bits per heavy atom. The highest BCUT2D eigenvalue weighted by Crippen LogP contribution is 2.29. The second kappa shape index (κ2) is 9.21. The fourth-order valence-electron chi connectivity index (χ4n) is 4.62. The molecule has 0 bridgehead atoms. The molecule has 1 saturated heterocycles. The maximum atomic E-state index is 15.1. The Kier molecular flexibility index (Phi) is 5.94. The first-order valence-corrected chi connectivity index (χ1v) is 11.5. The lowest BCUT2D eigenvalue weighted by Gasteiger charge is -2.15. The highest BCUT2D eigenvalue weighted by molar-refractivity contribution is 5.87. The number of hydrogen-bond acceptors (Lipinski definition) is 4. The summed E-state index contributed by atoms with van der Waals surface area (Å²) in [4.78, 5) is 31.5. The Labute approximate surface area is 201 Å². The minimum atomic E-state index is -0.579. The van der Waals surface area contributed by atoms with Gasteiger partial charge in [0.1, 0.15) is 5.75 Å². The molecule has 1 fully saturated rings. The summed E-state index contributed by atoms with van der Waals surface area (Å²) in [6.07, 6.45) is 5.97. The average Bonchev–Trinajstić information content (AvgIpc) is 3.47. The number of benzene rings is 2. The molecule has 0 unspecified atom stereocenters. The minimum Gasteiger partial charge on any atom is -0.454 e. The van der Waals surface area contributed by atoms with Crippen LogP contribution in [0.25, 0.3) is 16.7 Å². The first-order chi connectivity index (χ1) is 17.0. The van der Waals surface area contributed by atoms with Gasteiger partial charge in [-0.3, -0.25) is 18.9 Å². The first kappa shape index (κ1) is 22.6. The van der Waals surface area contributed by atoms with E-state index in [4.69, 9.17) is 4.74 Å². The normalized spacial score (nSPS) is 15.5. The van der Waals surface area contributed by atoms with Crippen LogP contribution in [0.4, 0.5) is 4.39 Å². The summed E-state index contributed by atoms with van der Waals surface area (Å²) in [6, 6.07) is 13.5. The molecule has 8 heteroatoms. The molecule has 0 N–H and O–H groups in total. The molecule has 4 aromatic rings. The van der Waals surface area contributed by atoms with Crippen LogP contribution in [-0.2, 0) is 11.2 Å². The first-order valence-electron chi connectivity index (χ1n) is 11.5. The number of nitrogens with zero attached hydrogens (tertiary/aromatic N) is 4. The van der Waals surface area contributed by atoms with Gasteiger partial charge in [0.05, 0.1) is 29.0 Å². The van der Waals surface area contributed by atoms with Crippen molar-refractivity contribution >= 4 is 16.9 Å². The third kappa shape index (κ3) is 4.12. The third-order valence-electron chi connectivity index (χ3n) is 6.40. The lowest BCUT2D eigenvalue weighted by Crippen LogP contribution is -2.31. The highest BCUT2D eigenvalue weighted by atomic mass is 19.1. The molecule has 1 atom stereocenters. The van der Waals surface area contributed by atoms with Gasteiger partial charge in [0.15, 0.2) is 11.6 Å². The molecule has 3 heterocycles. The van der Waals surface area contributed by atoms with Crippen LogP contribution in [0.3, 0.4) is 0 Å². The summed E-state index contributed by atoms with van der Waals surface area (Å²) >= 11 is 0. The lowest BCUT2D eigenvalue weighted by atomic mass is 10.2. The van der Waals surface area contributed by atoms with E-state index in [0.29, 0.717) is 42.0 Å². The number of aromatic nitrogens is 3. The number of likely N-dealkylation sites (tertiary alicyclic amines) is 1. The summed E-state index contributed by atoms with van der Waals surface area (Å²) < 4.78 is 24.0. The van der Waals surface area contributed by atoms with Crippen LogP contribution in [0.15, 0.2) is 78.4 Å². The number of fused-ring (bicyclic) bond motifs is 1. The van der Waals surface area contributed by atoms with Crippen molar-refractivity contribution in [3.63, 3.8) is 0 Å². The highest BCUT2D eigenvalue weighted by Gasteiger charge is 2.30. The Morgan fingerprint density at radius 2 is 2.09 bits per heavy atom. The predicted molar refractivity (Wildman–Crippen MR) is 132 cm³/mol. The second-order valence-electron chi connectivity index (χ2n) is 8.50. The molecule has 1 aliphatic heterocycles. The summed E-state index contributed by atoms with van der Waals surface area (Å²) in [5.74, 6) is -0.113. The monoisotopic (exact) mass is 472 g/mol. The quantitative estimate of drug-likeness (QED) is 0.384. The van der Waals surface area contributed by atoms with Gasteiger partial charge in [0.25, 0.3) is 0 Å². The topological polar surface area (TPSA) is 69.4 Å². The molecule has 2 aromatic heterocycles. The fourth-order valence-corrected chi connectivity index (χ4v) is 4.62. The molecule has 1 amide bonds. The number of halogens is 1. The summed E-state index contributed by atoms with van der Waals surface area (Å²) in [6.45, 7) is 6.53. The van der Waals surface area contributed by atoms with E-state index in [2.05, 4.69) is 11.6 Å². The molecule has 5 rings (SSSR count). The number of carbonyl (C=O) groups excluding carboxylic acids is 1. The van der Waals surface area contributed by atoms with Crippen molar-refractivity contribution in [1.29, 1.82) is 0 Å². The van der Waals surface area contributed by atoms with E-state index in [1.807, 2.05) is 25.1 Å². The van der Waals surface area contributed by atoms with Gasteiger partial charge in [-0.15, -0.1) is 0 Å². The Bertz CT molecular complexity index is 1490. The predicted octanol–water partition coefficient (Wildman–Crippen LogP) is 4.64. The van der Waals surface area contributed by atoms with Crippen LogP contribution in [-0.4, -0.2) is 38.0 Å². The van der Waals surface area contributed by atoms with Crippen molar-refractivity contribution in [2.45, 2.75) is 25.8 Å². The largest absolute Gasteiger partial charge is 0.454 e. The molecule has 35 heavy (non-hydrogen) atoms. The molecule has 0 saturated carbocycles. The molecule has 2 aromatic carbocycles. The van der Waals surface area contributed by atoms with Crippen LogP contribution in [0, 0.1) is 5.82 Å². The number of imidazole rings is 1. The SMILES string of the molecule is C=CC(=O)N1CC[C@@H](n2c(=O)n(-c3ccc(Oc4cccc(CC)c4)c(F)c3)c3cnccc32)C1. The van der Waals surface area contributed by atoms with E-state index in [1.54, 1.807) is 40.1 Å². The number of hydrogen-bond donors (Lipinski definition) is 0. The number of rotatable bonds is 6. The van der Waals surface area contributed by atoms with Gasteiger partial charge in [0.2, 0.25) is 5.91 Å². The molecule has 7 nitrogen and oxygen atoms in total. The van der Waals surface area contributed by atoms with Crippen LogP contribution in [0.2, 0.25) is 0 Å². The standard InChI is InChI=1S/C27H25FN4O3/c1-3-18-6-5-7-21(14-18)35-25-9-8-19(15-22(25)28)31-24-16-29-12-10-23(24)32(27(31)34)20-11-13-30(17-20)26(33)4-2/h4-10,12,14-16,20H,2-3,11,13,17H2,1H3/t20-/m1/s1. The maximum absolute atomic E-state index is 15.1. The molecule has 0 aliphatic carbocycles. The number of ether oxygens (including phenoxy) is 1. The second-order valence-corrected chi connectivity index (χ2v) is 8.50. The van der Waals surface area contributed by atoms with Gasteiger partial charge in [-0.2, -0.15) is 0 Å². The molecule has 0 radical (unpaired) electrons. The summed E-state index contributed by atoms with van der Waals surface area (Å²) in [5.41, 5.74) is 2.40. The van der Waals surface area contributed by atoms with E-state index >= 15 is 4.39 Å². The number of carbonyl (C=O) groups is 1. The van der Waals surface area contributed by atoms with Crippen molar-refractivity contribution in [1.82, 2.24) is 19.0 Å².